The van der Waals surface area contributed by atoms with Crippen LogP contribution in [-0.4, -0.2) is 138 Å². The van der Waals surface area contributed by atoms with Crippen molar-refractivity contribution in [3.05, 3.63) is 328 Å². The molecule has 9 aromatic carbocycles. The SMILES string of the molecule is C.C.CC.CCOC(=O)c1[nH]ccc1N.CCc1[nH]cc2c1NC1=C(C(=O)CCC1)C2c1cccc(Oc2nc3ccccc3[nH]2)c1.CCc1[nH]cc2c1NC1=C(C(=O)CCC1)C2c1cccc(Oc2nc3ccccc3n2C)c1.Cc1nc2ccccc2[nH]1.Cc1nc2ccccc2n1C.Cn1c(Oc2cccc(C=O)c2)nc2ccccc21.I.O=C1CCCC(=O)C1.O=C=O.O=C=O.O=Cc1cccc(O)c1.[B]. The molecule has 32 nitrogen and oxygen atoms in total. The summed E-state index contributed by atoms with van der Waals surface area (Å²) in [5.74, 6) is 4.24. The molecule has 145 heavy (non-hydrogen) atoms. The molecule has 3 aliphatic carbocycles. The van der Waals surface area contributed by atoms with Crippen LogP contribution in [0.15, 0.2) is 266 Å². The molecule has 2 atom stereocenters. The number of allylic oxidation sites excluding steroid dienone is 4. The van der Waals surface area contributed by atoms with Gasteiger partial charge < -0.3 is 69.9 Å². The van der Waals surface area contributed by atoms with Crippen molar-refractivity contribution in [2.45, 2.75) is 152 Å². The lowest BCUT2D eigenvalue weighted by Crippen LogP contribution is -2.26. The summed E-state index contributed by atoms with van der Waals surface area (Å²) in [7, 11) is 5.89. The molecule has 5 aliphatic rings. The number of benzene rings is 9. The second kappa shape index (κ2) is 55.5. The van der Waals surface area contributed by atoms with Crippen molar-refractivity contribution >= 4 is 159 Å². The van der Waals surface area contributed by atoms with E-state index in [4.69, 9.17) is 49.0 Å². The summed E-state index contributed by atoms with van der Waals surface area (Å²) in [6.07, 6.45) is 16.5. The number of phenolic OH excluding ortho intramolecular Hbond substituents is 1. The first-order valence-corrected chi connectivity index (χ1v) is 46.2. The largest absolute Gasteiger partial charge is 0.508 e. The maximum absolute atomic E-state index is 13.1. The van der Waals surface area contributed by atoms with E-state index in [1.165, 1.54) is 29.0 Å². The lowest BCUT2D eigenvalue weighted by atomic mass is 9.76. The van der Waals surface area contributed by atoms with Gasteiger partial charge in [-0.05, 0) is 192 Å². The number of imidazole rings is 5. The number of hydrogen-bond acceptors (Lipinski definition) is 24. The number of ketones is 4. The Morgan fingerprint density at radius 2 is 0.897 bits per heavy atom. The van der Waals surface area contributed by atoms with E-state index in [2.05, 4.69) is 103 Å². The number of para-hydroxylation sites is 10. The highest BCUT2D eigenvalue weighted by molar-refractivity contribution is 14.0. The number of esters is 1. The molecule has 10 heterocycles. The summed E-state index contributed by atoms with van der Waals surface area (Å²) in [6, 6.07) is 72.2. The van der Waals surface area contributed by atoms with E-state index >= 15 is 0 Å². The van der Waals surface area contributed by atoms with Gasteiger partial charge in [-0.25, -0.2) is 14.8 Å². The summed E-state index contributed by atoms with van der Waals surface area (Å²) in [6.45, 7) is 14.4. The monoisotopic (exact) mass is 2070 g/mol. The average Bonchev–Trinajstić information content (AvgIpc) is 1.68. The van der Waals surface area contributed by atoms with E-state index in [1.807, 2.05) is 216 Å². The van der Waals surface area contributed by atoms with Crippen molar-refractivity contribution in [1.82, 2.24) is 63.5 Å². The number of nitrogen functional groups attached to an aromatic ring is 1. The number of nitrogens with one attached hydrogen (secondary N) is 7. The number of nitrogens with zero attached hydrogens (tertiary/aromatic N) is 8. The smallest absolute Gasteiger partial charge is 0.373 e. The topological polar surface area (TPSA) is 453 Å². The fourth-order valence-electron chi connectivity index (χ4n) is 16.7. The molecular formula is C111H119BIN16O16. The molecule has 2 aliphatic heterocycles. The van der Waals surface area contributed by atoms with Crippen LogP contribution < -0.4 is 30.6 Å². The summed E-state index contributed by atoms with van der Waals surface area (Å²) >= 11 is 0. The number of aldehydes is 2. The molecule has 17 aromatic rings. The molecule has 0 saturated heterocycles. The number of aryl methyl sites for hydroxylation is 7. The normalized spacial score (nSPS) is 13.5. The van der Waals surface area contributed by atoms with Gasteiger partial charge in [0.05, 0.1) is 85.3 Å². The van der Waals surface area contributed by atoms with Gasteiger partial charge in [0, 0.05) is 142 Å². The zero-order valence-electron chi connectivity index (χ0n) is 80.8. The van der Waals surface area contributed by atoms with E-state index in [0.717, 1.165) is 169 Å². The van der Waals surface area contributed by atoms with Crippen LogP contribution >= 0.6 is 24.0 Å². The van der Waals surface area contributed by atoms with E-state index in [1.54, 1.807) is 55.6 Å². The molecule has 0 bridgehead atoms. The standard InChI is InChI=1S/C27H26N4O2.C26H24N4O2.C15H12N2O2.C9H10N2.C8H8N2.C7H10N2O2.C7H6O2.C6H8O2.C2H6.2CO2.2CH4.B.HI/c1-3-19-26-18(15-28-19)24(25-21(29-26)11-7-13-23(25)32)16-8-6-9-17(14-16)33-27-30-20-10-4-5-12-22(20)31(27)2;1-2-18-25-17(14-27-18)23(24-21(28-25)11-6-12-22(24)31)15-7-5-8-16(13-15)32-26-29-19-9-3-4-10-20(19)30-26;1-17-14-8-3-2-7-13(14)16-15(17)19-12-6-4-5-11(9-12)10-18;1-7-10-8-5-3-4-6-9(8)11(7)2;1-6-9-7-4-2-3-5-8(7)10-6;1-2-11-7(10)6-5(8)3-4-9-6;8-5-6-2-1-3-7(9)4-6;7-5-2-1-3-6(8)4-5;1-2;2*2-1-3;;;;/h4-6,8-10,12,14-15,24,28-29H,3,7,11,13H2,1-2H3;3-5,7-10,13-14,23,27-28H,2,6,11-12H2,1H3,(H,29,30);2-10H,1H3;3-6H,1-2H3;2-5H,1H3,(H,9,10);3-4,9H,2,8H2,1H3;1-5,9H;1-4H2;1-2H3;;;2*1H4;;1H. The number of hydrogen-bond donors (Lipinski definition) is 9. The number of fused-ring (bicyclic) bond motifs is 7. The Hall–Kier alpha value is -16.7. The highest BCUT2D eigenvalue weighted by Crippen LogP contribution is 2.50. The third-order valence-electron chi connectivity index (χ3n) is 23.3. The molecule has 1 saturated carbocycles. The van der Waals surface area contributed by atoms with Gasteiger partial charge in [-0.15, -0.1) is 24.0 Å². The zero-order valence-corrected chi connectivity index (χ0v) is 83.1. The molecule has 8 aromatic heterocycles. The highest BCUT2D eigenvalue weighted by Gasteiger charge is 2.39. The number of ether oxygens (including phenoxy) is 4. The van der Waals surface area contributed by atoms with Gasteiger partial charge in [-0.2, -0.15) is 34.1 Å². The van der Waals surface area contributed by atoms with Gasteiger partial charge in [0.2, 0.25) is 0 Å². The van der Waals surface area contributed by atoms with E-state index in [0.29, 0.717) is 96.4 Å². The van der Waals surface area contributed by atoms with Crippen molar-refractivity contribution < 1.29 is 76.8 Å². The number of phenols is 1. The van der Waals surface area contributed by atoms with E-state index in [9.17, 15) is 33.6 Å². The Balaban J connectivity index is 0.000000210. The van der Waals surface area contributed by atoms with Gasteiger partial charge in [0.1, 0.15) is 64.5 Å². The van der Waals surface area contributed by atoms with E-state index in [-0.39, 0.29) is 107 Å². The number of aromatic amines is 5. The highest BCUT2D eigenvalue weighted by atomic mass is 127. The Morgan fingerprint density at radius 3 is 1.31 bits per heavy atom. The minimum Gasteiger partial charge on any atom is -0.508 e. The average molecular weight is 2070 g/mol. The predicted molar refractivity (Wildman–Crippen MR) is 571 cm³/mol. The molecule has 0 amide bonds. The third-order valence-corrected chi connectivity index (χ3v) is 23.3. The minimum atomic E-state index is -0.407. The number of H-pyrrole nitrogens is 5. The quantitative estimate of drug-likeness (QED) is 0.0160. The Morgan fingerprint density at radius 1 is 0.483 bits per heavy atom. The number of aromatic hydroxyl groups is 1. The van der Waals surface area contributed by atoms with Gasteiger partial charge in [0.25, 0.3) is 6.01 Å². The van der Waals surface area contributed by atoms with Crippen molar-refractivity contribution in [3.8, 4) is 41.0 Å². The van der Waals surface area contributed by atoms with Crippen molar-refractivity contribution in [1.29, 1.82) is 0 Å². The first-order chi connectivity index (χ1) is 68.5. The lowest BCUT2D eigenvalue weighted by Gasteiger charge is -2.33. The predicted octanol–water partition coefficient (Wildman–Crippen LogP) is 22.6. The maximum Gasteiger partial charge on any atom is 0.373 e. The van der Waals surface area contributed by atoms with Crippen molar-refractivity contribution in [3.63, 3.8) is 0 Å². The first-order valence-electron chi connectivity index (χ1n) is 46.2. The van der Waals surface area contributed by atoms with Crippen LogP contribution in [0.1, 0.15) is 202 Å². The van der Waals surface area contributed by atoms with Crippen LogP contribution in [0.3, 0.4) is 0 Å². The Bertz CT molecular complexity index is 7350. The molecule has 1 fully saturated rings. The van der Waals surface area contributed by atoms with Crippen LogP contribution in [0.5, 0.6) is 41.0 Å². The number of anilines is 3. The summed E-state index contributed by atoms with van der Waals surface area (Å²) in [5, 5.41) is 16.0. The number of halogens is 1. The van der Waals surface area contributed by atoms with Crippen LogP contribution in [0.4, 0.5) is 17.1 Å². The molecule has 34 heteroatoms. The minimum absolute atomic E-state index is 0. The van der Waals surface area contributed by atoms with Crippen LogP contribution in [0, 0.1) is 13.8 Å². The molecule has 22 rings (SSSR count). The number of carbonyl (C=O) groups excluding carboxylic acids is 11. The molecule has 749 valence electrons. The van der Waals surface area contributed by atoms with Crippen LogP contribution in [-0.2, 0) is 77.1 Å². The number of Topliss-reactive ketones (excluding diaryl/α,β-unsaturated/α-hetero) is 4. The molecule has 2 unspecified atom stereocenters. The Kier molecular flexibility index (Phi) is 43.5. The number of nitrogens with two attached hydrogens (primary N) is 1. The third kappa shape index (κ3) is 28.8. The fourth-order valence-corrected chi connectivity index (χ4v) is 16.7. The second-order valence-electron chi connectivity index (χ2n) is 32.5. The maximum atomic E-state index is 13.1. The van der Waals surface area contributed by atoms with Gasteiger partial charge in [-0.1, -0.05) is 152 Å². The summed E-state index contributed by atoms with van der Waals surface area (Å²) in [4.78, 5) is 149. The van der Waals surface area contributed by atoms with Crippen molar-refractivity contribution in [2.75, 3.05) is 23.0 Å². The summed E-state index contributed by atoms with van der Waals surface area (Å²) in [5.41, 5.74) is 30.2. The van der Waals surface area contributed by atoms with Crippen LogP contribution in [0.25, 0.3) is 55.2 Å². The Labute approximate surface area is 858 Å². The molecule has 10 N–H and O–H groups in total. The number of rotatable bonds is 14. The number of aromatic nitrogens is 13. The molecule has 3 radical (unpaired) electrons. The van der Waals surface area contributed by atoms with Crippen molar-refractivity contribution in [2.24, 2.45) is 21.1 Å². The molecular weight excluding hydrogens is 1950 g/mol. The van der Waals surface area contributed by atoms with E-state index < -0.39 is 5.97 Å². The van der Waals surface area contributed by atoms with Gasteiger partial charge in [-0.3, -0.25) is 37.9 Å². The first kappa shape index (κ1) is 114. The fraction of sp³-hybridized carbons (Fsp3) is 0.243. The summed E-state index contributed by atoms with van der Waals surface area (Å²) < 4.78 is 28.7. The number of carbonyl (C=O) groups is 7. The zero-order chi connectivity index (χ0) is 101. The van der Waals surface area contributed by atoms with Crippen LogP contribution in [0.2, 0.25) is 0 Å². The lowest BCUT2D eigenvalue weighted by molar-refractivity contribution is -0.193. The van der Waals surface area contributed by atoms with Gasteiger partial charge >= 0.3 is 30.3 Å². The molecule has 0 spiro atoms. The van der Waals surface area contributed by atoms with Gasteiger partial charge in [0.15, 0.2) is 11.6 Å². The second-order valence-corrected chi connectivity index (χ2v) is 32.5.